The molecule has 0 saturated heterocycles. The van der Waals surface area contributed by atoms with Crippen LogP contribution in [0.5, 0.6) is 0 Å². The number of nitrogens with zero attached hydrogens (tertiary/aromatic N) is 3. The number of halogens is 2. The first-order valence-electron chi connectivity index (χ1n) is 8.57. The van der Waals surface area contributed by atoms with Crippen LogP contribution in [0.4, 0.5) is 14.5 Å². The number of nitro benzene ring substituents is 1. The number of benzene rings is 2. The van der Waals surface area contributed by atoms with Crippen molar-refractivity contribution in [3.8, 4) is 0 Å². The number of imidazole rings is 1. The lowest BCUT2D eigenvalue weighted by atomic mass is 10.1. The molecule has 136 valence electrons. The van der Waals surface area contributed by atoms with Gasteiger partial charge in [0.25, 0.3) is 5.69 Å². The number of rotatable bonds is 7. The van der Waals surface area contributed by atoms with Crippen LogP contribution in [-0.2, 0) is 13.0 Å². The van der Waals surface area contributed by atoms with Crippen LogP contribution in [0.15, 0.2) is 36.4 Å². The van der Waals surface area contributed by atoms with Crippen LogP contribution in [0.2, 0.25) is 0 Å². The van der Waals surface area contributed by atoms with Gasteiger partial charge >= 0.3 is 0 Å². The molecule has 0 aliphatic carbocycles. The Morgan fingerprint density at radius 3 is 2.46 bits per heavy atom. The molecular formula is C19H19F2N3O2. The third-order valence-corrected chi connectivity index (χ3v) is 4.36. The fourth-order valence-electron chi connectivity index (χ4n) is 2.99. The van der Waals surface area contributed by atoms with E-state index in [1.807, 2.05) is 4.57 Å². The molecule has 0 bridgehead atoms. The Balaban J connectivity index is 1.97. The van der Waals surface area contributed by atoms with E-state index in [0.29, 0.717) is 29.8 Å². The molecule has 0 aliphatic rings. The number of hydrogen-bond acceptors (Lipinski definition) is 3. The summed E-state index contributed by atoms with van der Waals surface area (Å²) in [6.07, 6.45) is 3.42. The first-order chi connectivity index (χ1) is 12.5. The number of aryl methyl sites for hydroxylation is 1. The molecule has 0 spiro atoms. The van der Waals surface area contributed by atoms with E-state index in [9.17, 15) is 18.9 Å². The van der Waals surface area contributed by atoms with E-state index < -0.39 is 16.6 Å². The third kappa shape index (κ3) is 3.71. The summed E-state index contributed by atoms with van der Waals surface area (Å²) in [5.41, 5.74) is 1.85. The molecule has 2 aromatic carbocycles. The summed E-state index contributed by atoms with van der Waals surface area (Å²) in [4.78, 5) is 14.8. The van der Waals surface area contributed by atoms with Crippen LogP contribution in [0.1, 0.15) is 37.6 Å². The molecule has 3 aromatic rings. The van der Waals surface area contributed by atoms with Crippen LogP contribution in [0.25, 0.3) is 11.0 Å². The maximum Gasteiger partial charge on any atom is 0.269 e. The van der Waals surface area contributed by atoms with Gasteiger partial charge in [-0.05, 0) is 12.0 Å². The fraction of sp³-hybridized carbons (Fsp3) is 0.316. The highest BCUT2D eigenvalue weighted by molar-refractivity contribution is 5.76. The minimum atomic E-state index is -0.919. The highest BCUT2D eigenvalue weighted by Crippen LogP contribution is 2.23. The minimum Gasteiger partial charge on any atom is -0.328 e. The summed E-state index contributed by atoms with van der Waals surface area (Å²) in [6.45, 7) is 2.76. The van der Waals surface area contributed by atoms with Gasteiger partial charge < -0.3 is 4.57 Å². The molecule has 1 heterocycles. The molecular weight excluding hydrogens is 340 g/mol. The summed E-state index contributed by atoms with van der Waals surface area (Å²) in [6, 6.07) is 8.53. The normalized spacial score (nSPS) is 11.2. The van der Waals surface area contributed by atoms with Crippen molar-refractivity contribution in [1.29, 1.82) is 0 Å². The predicted octanol–water partition coefficient (Wildman–Crippen LogP) is 5.00. The second kappa shape index (κ2) is 7.59. The average molecular weight is 359 g/mol. The van der Waals surface area contributed by atoms with Crippen LogP contribution >= 0.6 is 0 Å². The lowest BCUT2D eigenvalue weighted by molar-refractivity contribution is -0.384. The van der Waals surface area contributed by atoms with E-state index in [1.54, 1.807) is 12.1 Å². The van der Waals surface area contributed by atoms with E-state index in [4.69, 9.17) is 0 Å². The van der Waals surface area contributed by atoms with Crippen LogP contribution < -0.4 is 0 Å². The van der Waals surface area contributed by atoms with Crippen LogP contribution in [0.3, 0.4) is 0 Å². The van der Waals surface area contributed by atoms with Gasteiger partial charge in [-0.15, -0.1) is 0 Å². The van der Waals surface area contributed by atoms with E-state index in [1.165, 1.54) is 18.2 Å². The summed E-state index contributed by atoms with van der Waals surface area (Å²) >= 11 is 0. The smallest absolute Gasteiger partial charge is 0.269 e. The molecule has 0 atom stereocenters. The predicted molar refractivity (Wildman–Crippen MR) is 95.1 cm³/mol. The van der Waals surface area contributed by atoms with E-state index in [2.05, 4.69) is 11.9 Å². The van der Waals surface area contributed by atoms with Gasteiger partial charge in [-0.25, -0.2) is 13.8 Å². The highest BCUT2D eigenvalue weighted by atomic mass is 19.2. The number of hydrogen-bond donors (Lipinski definition) is 0. The molecule has 0 radical (unpaired) electrons. The van der Waals surface area contributed by atoms with Crippen LogP contribution in [-0.4, -0.2) is 14.5 Å². The van der Waals surface area contributed by atoms with Crippen molar-refractivity contribution in [1.82, 2.24) is 9.55 Å². The number of non-ortho nitro benzene ring substituents is 1. The summed E-state index contributed by atoms with van der Waals surface area (Å²) in [5.74, 6) is -1.12. The van der Waals surface area contributed by atoms with Crippen molar-refractivity contribution in [2.24, 2.45) is 0 Å². The molecule has 0 fully saturated rings. The molecule has 0 unspecified atom stereocenters. The molecule has 0 amide bonds. The van der Waals surface area contributed by atoms with Crippen molar-refractivity contribution in [2.75, 3.05) is 0 Å². The quantitative estimate of drug-likeness (QED) is 0.339. The summed E-state index contributed by atoms with van der Waals surface area (Å²) in [5, 5.41) is 10.8. The number of fused-ring (bicyclic) bond motifs is 1. The lowest BCUT2D eigenvalue weighted by Crippen LogP contribution is -2.05. The van der Waals surface area contributed by atoms with Gasteiger partial charge in [0.05, 0.1) is 16.0 Å². The van der Waals surface area contributed by atoms with Gasteiger partial charge in [-0.3, -0.25) is 10.1 Å². The zero-order valence-corrected chi connectivity index (χ0v) is 14.4. The van der Waals surface area contributed by atoms with Gasteiger partial charge in [-0.1, -0.05) is 31.9 Å². The Morgan fingerprint density at radius 1 is 1.12 bits per heavy atom. The van der Waals surface area contributed by atoms with Crippen molar-refractivity contribution >= 4 is 16.7 Å². The van der Waals surface area contributed by atoms with Crippen molar-refractivity contribution < 1.29 is 13.7 Å². The molecule has 0 aliphatic heterocycles. The van der Waals surface area contributed by atoms with Gasteiger partial charge in [0.2, 0.25) is 0 Å². The van der Waals surface area contributed by atoms with Gasteiger partial charge in [-0.2, -0.15) is 0 Å². The number of aromatic nitrogens is 2. The Kier molecular flexibility index (Phi) is 5.25. The fourth-order valence-corrected chi connectivity index (χ4v) is 2.99. The Labute approximate surface area is 149 Å². The molecule has 0 saturated carbocycles. The molecule has 1 aromatic heterocycles. The van der Waals surface area contributed by atoms with Crippen molar-refractivity contribution in [3.63, 3.8) is 0 Å². The first-order valence-corrected chi connectivity index (χ1v) is 8.57. The molecule has 26 heavy (non-hydrogen) atoms. The van der Waals surface area contributed by atoms with Gasteiger partial charge in [0, 0.05) is 37.2 Å². The largest absolute Gasteiger partial charge is 0.328 e. The Morgan fingerprint density at radius 2 is 1.81 bits per heavy atom. The minimum absolute atomic E-state index is 0.0225. The third-order valence-electron chi connectivity index (χ3n) is 4.36. The zero-order chi connectivity index (χ0) is 18.7. The average Bonchev–Trinajstić information content (AvgIpc) is 2.92. The summed E-state index contributed by atoms with van der Waals surface area (Å²) < 4.78 is 29.2. The van der Waals surface area contributed by atoms with E-state index >= 15 is 0 Å². The SMILES string of the molecule is CCCCCn1c(Cc2ccc([N+](=O)[O-])cc2)nc2cc(F)c(F)cc21. The number of nitro groups is 1. The Hall–Kier alpha value is -2.83. The van der Waals surface area contributed by atoms with E-state index in [-0.39, 0.29) is 5.69 Å². The topological polar surface area (TPSA) is 61.0 Å². The zero-order valence-electron chi connectivity index (χ0n) is 14.4. The second-order valence-electron chi connectivity index (χ2n) is 6.24. The van der Waals surface area contributed by atoms with Gasteiger partial charge in [0.15, 0.2) is 11.6 Å². The number of unbranched alkanes of at least 4 members (excludes halogenated alkanes) is 2. The Bertz CT molecular complexity index is 936. The highest BCUT2D eigenvalue weighted by Gasteiger charge is 2.15. The summed E-state index contributed by atoms with van der Waals surface area (Å²) in [7, 11) is 0. The second-order valence-corrected chi connectivity index (χ2v) is 6.24. The maximum absolute atomic E-state index is 13.7. The molecule has 0 N–H and O–H groups in total. The first kappa shape index (κ1) is 18.0. The maximum atomic E-state index is 13.7. The lowest BCUT2D eigenvalue weighted by Gasteiger charge is -2.09. The molecule has 7 heteroatoms. The standard InChI is InChI=1S/C19H19F2N3O2/c1-2-3-4-9-23-18-12-16(21)15(20)11-17(18)22-19(23)10-13-5-7-14(8-6-13)24(25)26/h5-8,11-12H,2-4,9-10H2,1H3. The van der Waals surface area contributed by atoms with Crippen molar-refractivity contribution in [2.45, 2.75) is 39.2 Å². The molecule has 5 nitrogen and oxygen atoms in total. The molecule has 3 rings (SSSR count). The van der Waals surface area contributed by atoms with E-state index in [0.717, 1.165) is 30.9 Å². The van der Waals surface area contributed by atoms with Crippen LogP contribution in [0, 0.1) is 21.7 Å². The van der Waals surface area contributed by atoms with Crippen molar-refractivity contribution in [3.05, 3.63) is 69.5 Å². The van der Waals surface area contributed by atoms with Gasteiger partial charge in [0.1, 0.15) is 5.82 Å². The monoisotopic (exact) mass is 359 g/mol.